The number of hydrogen-bond acceptors (Lipinski definition) is 5. The van der Waals surface area contributed by atoms with Gasteiger partial charge in [-0.1, -0.05) is 24.3 Å². The molecular weight excluding hydrogens is 364 g/mol. The zero-order valence-corrected chi connectivity index (χ0v) is 18.1. The van der Waals surface area contributed by atoms with Crippen molar-refractivity contribution in [1.29, 1.82) is 0 Å². The molecule has 1 amide bonds. The minimum atomic E-state index is -0.494. The Bertz CT molecular complexity index is 780. The van der Waals surface area contributed by atoms with Crippen LogP contribution in [0, 0.1) is 13.8 Å². The van der Waals surface area contributed by atoms with Gasteiger partial charge in [-0.3, -0.25) is 14.9 Å². The van der Waals surface area contributed by atoms with Gasteiger partial charge in [-0.15, -0.1) is 0 Å². The average Bonchev–Trinajstić information content (AvgIpc) is 2.63. The summed E-state index contributed by atoms with van der Waals surface area (Å²) in [6.45, 7) is 12.3. The summed E-state index contributed by atoms with van der Waals surface area (Å²) in [5, 5.41) is 2.74. The number of rotatable bonds is 8. The van der Waals surface area contributed by atoms with Crippen molar-refractivity contribution in [1.82, 2.24) is 20.2 Å². The number of amides is 1. The van der Waals surface area contributed by atoms with Crippen molar-refractivity contribution in [2.24, 2.45) is 0 Å². The molecule has 2 rings (SSSR count). The molecule has 0 aliphatic rings. The number of aryl methyl sites for hydroxylation is 2. The maximum Gasteiger partial charge on any atom is 0.407 e. The van der Waals surface area contributed by atoms with Crippen LogP contribution in [0.1, 0.15) is 43.3 Å². The van der Waals surface area contributed by atoms with Crippen molar-refractivity contribution in [2.45, 2.75) is 53.3 Å². The fourth-order valence-electron chi connectivity index (χ4n) is 2.74. The van der Waals surface area contributed by atoms with Crippen molar-refractivity contribution in [3.8, 4) is 0 Å². The second-order valence-electron chi connectivity index (χ2n) is 8.06. The first-order valence-corrected chi connectivity index (χ1v) is 9.90. The second kappa shape index (κ2) is 10.7. The standard InChI is InChI=1S/C23H32N4O2/c1-18-10-8-13-24-20(18)16-27(17-21-19(2)11-9-14-25-21)15-7-6-12-26-22(28)29-23(3,4)5/h6-11,13-14H,12,15-17H2,1-5H3,(H,26,28). The highest BCUT2D eigenvalue weighted by Gasteiger charge is 2.15. The van der Waals surface area contributed by atoms with E-state index in [0.29, 0.717) is 6.54 Å². The quantitative estimate of drug-likeness (QED) is 0.678. The van der Waals surface area contributed by atoms with Gasteiger partial charge >= 0.3 is 6.09 Å². The van der Waals surface area contributed by atoms with Crippen LogP contribution in [0.2, 0.25) is 0 Å². The maximum absolute atomic E-state index is 11.7. The second-order valence-corrected chi connectivity index (χ2v) is 8.06. The van der Waals surface area contributed by atoms with Gasteiger partial charge in [-0.2, -0.15) is 0 Å². The van der Waals surface area contributed by atoms with Crippen molar-refractivity contribution in [3.05, 3.63) is 71.3 Å². The lowest BCUT2D eigenvalue weighted by Crippen LogP contribution is -2.32. The van der Waals surface area contributed by atoms with Gasteiger partial charge in [0, 0.05) is 38.6 Å². The van der Waals surface area contributed by atoms with Crippen LogP contribution in [0.4, 0.5) is 4.79 Å². The Morgan fingerprint density at radius 2 is 1.59 bits per heavy atom. The van der Waals surface area contributed by atoms with E-state index in [1.165, 1.54) is 11.1 Å². The van der Waals surface area contributed by atoms with Gasteiger partial charge in [0.25, 0.3) is 0 Å². The first-order valence-electron chi connectivity index (χ1n) is 9.90. The summed E-state index contributed by atoms with van der Waals surface area (Å²) in [6.07, 6.45) is 7.23. The highest BCUT2D eigenvalue weighted by molar-refractivity contribution is 5.67. The van der Waals surface area contributed by atoms with Gasteiger partial charge in [0.1, 0.15) is 5.60 Å². The molecular formula is C23H32N4O2. The van der Waals surface area contributed by atoms with Gasteiger partial charge in [0.05, 0.1) is 11.4 Å². The number of hydrogen-bond donors (Lipinski definition) is 1. The average molecular weight is 397 g/mol. The van der Waals surface area contributed by atoms with Crippen molar-refractivity contribution < 1.29 is 9.53 Å². The minimum absolute atomic E-state index is 0.410. The molecule has 2 heterocycles. The Morgan fingerprint density at radius 1 is 1.03 bits per heavy atom. The van der Waals surface area contributed by atoms with Gasteiger partial charge in [-0.05, 0) is 57.9 Å². The van der Waals surface area contributed by atoms with Crippen molar-refractivity contribution in [3.63, 3.8) is 0 Å². The molecule has 0 spiro atoms. The van der Waals surface area contributed by atoms with E-state index >= 15 is 0 Å². The number of nitrogens with zero attached hydrogens (tertiary/aromatic N) is 3. The van der Waals surface area contributed by atoms with E-state index < -0.39 is 11.7 Å². The number of carbonyl (C=O) groups excluding carboxylic acids is 1. The van der Waals surface area contributed by atoms with E-state index in [-0.39, 0.29) is 0 Å². The lowest BCUT2D eigenvalue weighted by atomic mass is 10.1. The highest BCUT2D eigenvalue weighted by atomic mass is 16.6. The molecule has 0 fully saturated rings. The summed E-state index contributed by atoms with van der Waals surface area (Å²) in [7, 11) is 0. The largest absolute Gasteiger partial charge is 0.444 e. The summed E-state index contributed by atoms with van der Waals surface area (Å²) in [6, 6.07) is 8.06. The number of ether oxygens (including phenoxy) is 1. The van der Waals surface area contributed by atoms with Crippen LogP contribution >= 0.6 is 0 Å². The van der Waals surface area contributed by atoms with E-state index in [2.05, 4.69) is 46.2 Å². The zero-order valence-electron chi connectivity index (χ0n) is 18.1. The molecule has 0 bridgehead atoms. The Labute approximate surface area is 174 Å². The van der Waals surface area contributed by atoms with Gasteiger partial charge in [0.15, 0.2) is 0 Å². The predicted molar refractivity (Wildman–Crippen MR) is 115 cm³/mol. The summed E-state index contributed by atoms with van der Waals surface area (Å²) >= 11 is 0. The number of aromatic nitrogens is 2. The first kappa shape index (κ1) is 22.6. The van der Waals surface area contributed by atoms with Gasteiger partial charge in [-0.25, -0.2) is 4.79 Å². The van der Waals surface area contributed by atoms with E-state index in [4.69, 9.17) is 4.74 Å². The molecule has 0 aromatic carbocycles. The van der Waals surface area contributed by atoms with E-state index in [9.17, 15) is 4.79 Å². The molecule has 0 unspecified atom stereocenters. The Kier molecular flexibility index (Phi) is 8.34. The van der Waals surface area contributed by atoms with Crippen molar-refractivity contribution >= 4 is 6.09 Å². The smallest absolute Gasteiger partial charge is 0.407 e. The molecule has 0 saturated heterocycles. The van der Waals surface area contributed by atoms with E-state index in [1.54, 1.807) is 0 Å². The summed E-state index contributed by atoms with van der Waals surface area (Å²) in [4.78, 5) is 23.1. The molecule has 0 radical (unpaired) electrons. The van der Waals surface area contributed by atoms with Crippen LogP contribution in [0.5, 0.6) is 0 Å². The fraction of sp³-hybridized carbons (Fsp3) is 0.435. The number of pyridine rings is 2. The minimum Gasteiger partial charge on any atom is -0.444 e. The third-order valence-corrected chi connectivity index (χ3v) is 4.28. The van der Waals surface area contributed by atoms with Crippen LogP contribution in [-0.2, 0) is 17.8 Å². The van der Waals surface area contributed by atoms with Crippen LogP contribution in [0.15, 0.2) is 48.8 Å². The summed E-state index contributed by atoms with van der Waals surface area (Å²) < 4.78 is 5.24. The van der Waals surface area contributed by atoms with Crippen LogP contribution in [-0.4, -0.2) is 39.7 Å². The third-order valence-electron chi connectivity index (χ3n) is 4.28. The zero-order chi connectivity index (χ0) is 21.3. The number of carbonyl (C=O) groups is 1. The molecule has 2 aromatic heterocycles. The molecule has 6 heteroatoms. The SMILES string of the molecule is Cc1cccnc1CN(CC=CCNC(=O)OC(C)(C)C)Cc1ncccc1C. The molecule has 0 aliphatic heterocycles. The molecule has 6 nitrogen and oxygen atoms in total. The van der Waals surface area contributed by atoms with Gasteiger partial charge < -0.3 is 10.1 Å². The predicted octanol–water partition coefficient (Wildman–Crippen LogP) is 4.18. The Balaban J connectivity index is 1.97. The molecule has 0 saturated carbocycles. The normalized spacial score (nSPS) is 11.8. The lowest BCUT2D eigenvalue weighted by molar-refractivity contribution is 0.0534. The monoisotopic (exact) mass is 396 g/mol. The molecule has 0 aliphatic carbocycles. The summed E-state index contributed by atoms with van der Waals surface area (Å²) in [5.41, 5.74) is 3.96. The Morgan fingerprint density at radius 3 is 2.07 bits per heavy atom. The van der Waals surface area contributed by atoms with Crippen molar-refractivity contribution in [2.75, 3.05) is 13.1 Å². The number of alkyl carbamates (subject to hydrolysis) is 1. The van der Waals surface area contributed by atoms with Crippen LogP contribution in [0.3, 0.4) is 0 Å². The highest BCUT2D eigenvalue weighted by Crippen LogP contribution is 2.12. The molecule has 29 heavy (non-hydrogen) atoms. The van der Waals surface area contributed by atoms with Crippen LogP contribution in [0.25, 0.3) is 0 Å². The van der Waals surface area contributed by atoms with Gasteiger partial charge in [0.2, 0.25) is 0 Å². The molecule has 1 N–H and O–H groups in total. The molecule has 0 atom stereocenters. The lowest BCUT2D eigenvalue weighted by Gasteiger charge is -2.22. The van der Waals surface area contributed by atoms with Crippen LogP contribution < -0.4 is 5.32 Å². The molecule has 2 aromatic rings. The third kappa shape index (κ3) is 8.44. The Hall–Kier alpha value is -2.73. The molecule has 156 valence electrons. The first-order chi connectivity index (χ1) is 13.7. The number of nitrogens with one attached hydrogen (secondary N) is 1. The fourth-order valence-corrected chi connectivity index (χ4v) is 2.74. The van der Waals surface area contributed by atoms with E-state index in [0.717, 1.165) is 31.0 Å². The van der Waals surface area contributed by atoms with E-state index in [1.807, 2.05) is 57.4 Å². The maximum atomic E-state index is 11.7. The topological polar surface area (TPSA) is 67.4 Å². The summed E-state index contributed by atoms with van der Waals surface area (Å²) in [5.74, 6) is 0.